The van der Waals surface area contributed by atoms with Gasteiger partial charge in [-0.3, -0.25) is 4.79 Å². The molecule has 1 heterocycles. The van der Waals surface area contributed by atoms with Gasteiger partial charge < -0.3 is 4.74 Å². The molecule has 100 valence electrons. The number of ether oxygens (including phenoxy) is 1. The van der Waals surface area contributed by atoms with Crippen LogP contribution in [0.15, 0.2) is 41.7 Å². The highest BCUT2D eigenvalue weighted by atomic mass is 16.5. The maximum Gasteiger partial charge on any atom is 0.162 e. The normalized spacial score (nSPS) is 25.8. The SMILES string of the molecule is CC1(C)CC(=O)C2=C(C1)OC(c1ccccc1)CC2. The zero-order valence-corrected chi connectivity index (χ0v) is 11.6. The quantitative estimate of drug-likeness (QED) is 0.753. The van der Waals surface area contributed by atoms with Crippen molar-refractivity contribution in [3.05, 3.63) is 47.2 Å². The molecule has 19 heavy (non-hydrogen) atoms. The van der Waals surface area contributed by atoms with E-state index in [9.17, 15) is 4.79 Å². The Morgan fingerprint density at radius 3 is 2.63 bits per heavy atom. The van der Waals surface area contributed by atoms with Gasteiger partial charge in [0, 0.05) is 18.4 Å². The van der Waals surface area contributed by atoms with Crippen molar-refractivity contribution in [3.8, 4) is 0 Å². The minimum atomic E-state index is 0.0362. The molecule has 0 N–H and O–H groups in total. The first-order valence-electron chi connectivity index (χ1n) is 7.02. The van der Waals surface area contributed by atoms with Crippen molar-refractivity contribution < 1.29 is 9.53 Å². The van der Waals surface area contributed by atoms with Crippen LogP contribution in [0.5, 0.6) is 0 Å². The van der Waals surface area contributed by atoms with Crippen molar-refractivity contribution in [1.82, 2.24) is 0 Å². The molecule has 1 atom stereocenters. The number of hydrogen-bond acceptors (Lipinski definition) is 2. The minimum Gasteiger partial charge on any atom is -0.490 e. The van der Waals surface area contributed by atoms with Crippen molar-refractivity contribution in [1.29, 1.82) is 0 Å². The molecule has 0 saturated heterocycles. The third-order valence-electron chi connectivity index (χ3n) is 4.06. The van der Waals surface area contributed by atoms with Gasteiger partial charge in [-0.15, -0.1) is 0 Å². The molecule has 0 aromatic heterocycles. The van der Waals surface area contributed by atoms with E-state index in [-0.39, 0.29) is 17.3 Å². The van der Waals surface area contributed by atoms with Crippen LogP contribution in [0.25, 0.3) is 0 Å². The Labute approximate surface area is 114 Å². The number of benzene rings is 1. The van der Waals surface area contributed by atoms with E-state index < -0.39 is 0 Å². The highest BCUT2D eigenvalue weighted by Gasteiger charge is 2.37. The fourth-order valence-electron chi connectivity index (χ4n) is 3.10. The largest absolute Gasteiger partial charge is 0.490 e. The smallest absolute Gasteiger partial charge is 0.162 e. The summed E-state index contributed by atoms with van der Waals surface area (Å²) >= 11 is 0. The van der Waals surface area contributed by atoms with Gasteiger partial charge in [0.2, 0.25) is 0 Å². The molecule has 0 spiro atoms. The topological polar surface area (TPSA) is 26.3 Å². The molecule has 0 bridgehead atoms. The fourth-order valence-corrected chi connectivity index (χ4v) is 3.10. The number of ketones is 1. The number of hydrogen-bond donors (Lipinski definition) is 0. The van der Waals surface area contributed by atoms with Crippen LogP contribution < -0.4 is 0 Å². The summed E-state index contributed by atoms with van der Waals surface area (Å²) in [5, 5.41) is 0. The zero-order valence-electron chi connectivity index (χ0n) is 11.6. The van der Waals surface area contributed by atoms with Gasteiger partial charge in [-0.1, -0.05) is 44.2 Å². The molecule has 1 unspecified atom stereocenters. The first-order chi connectivity index (χ1) is 9.05. The lowest BCUT2D eigenvalue weighted by molar-refractivity contribution is -0.119. The van der Waals surface area contributed by atoms with Crippen LogP contribution in [0, 0.1) is 5.41 Å². The molecule has 0 amide bonds. The van der Waals surface area contributed by atoms with Crippen LogP contribution >= 0.6 is 0 Å². The highest BCUT2D eigenvalue weighted by molar-refractivity contribution is 5.97. The van der Waals surface area contributed by atoms with E-state index in [4.69, 9.17) is 4.74 Å². The number of rotatable bonds is 1. The summed E-state index contributed by atoms with van der Waals surface area (Å²) < 4.78 is 6.14. The second-order valence-electron chi connectivity index (χ2n) is 6.40. The van der Waals surface area contributed by atoms with Gasteiger partial charge in [0.15, 0.2) is 5.78 Å². The monoisotopic (exact) mass is 256 g/mol. The van der Waals surface area contributed by atoms with Crippen LogP contribution in [-0.4, -0.2) is 5.78 Å². The molecule has 3 rings (SSSR count). The van der Waals surface area contributed by atoms with E-state index in [1.165, 1.54) is 5.56 Å². The lowest BCUT2D eigenvalue weighted by Crippen LogP contribution is -2.29. The molecule has 0 radical (unpaired) electrons. The molecule has 2 heteroatoms. The molecule has 2 aliphatic rings. The van der Waals surface area contributed by atoms with Gasteiger partial charge in [0.05, 0.1) is 0 Å². The molecule has 2 nitrogen and oxygen atoms in total. The third kappa shape index (κ3) is 2.44. The van der Waals surface area contributed by atoms with E-state index in [1.807, 2.05) is 18.2 Å². The molecule has 0 fully saturated rings. The predicted molar refractivity (Wildman–Crippen MR) is 74.6 cm³/mol. The Hall–Kier alpha value is -1.57. The number of Topliss-reactive ketones (excluding diaryl/α,β-unsaturated/α-hetero) is 1. The van der Waals surface area contributed by atoms with Crippen LogP contribution in [0.1, 0.15) is 51.2 Å². The van der Waals surface area contributed by atoms with Crippen molar-refractivity contribution in [2.24, 2.45) is 5.41 Å². The summed E-state index contributed by atoms with van der Waals surface area (Å²) in [4.78, 5) is 12.1. The van der Waals surface area contributed by atoms with Gasteiger partial charge in [0.1, 0.15) is 11.9 Å². The maximum atomic E-state index is 12.1. The van der Waals surface area contributed by atoms with Gasteiger partial charge >= 0.3 is 0 Å². The Morgan fingerprint density at radius 2 is 1.89 bits per heavy atom. The molecule has 0 saturated carbocycles. The van der Waals surface area contributed by atoms with Crippen LogP contribution in [-0.2, 0) is 9.53 Å². The molecule has 1 aliphatic heterocycles. The van der Waals surface area contributed by atoms with Gasteiger partial charge in [-0.25, -0.2) is 0 Å². The number of carbonyl (C=O) groups is 1. The summed E-state index contributed by atoms with van der Waals surface area (Å²) in [6.45, 7) is 4.29. The molecule has 1 aliphatic carbocycles. The molecule has 1 aromatic rings. The molecular formula is C17H20O2. The fraction of sp³-hybridized carbons (Fsp3) is 0.471. The predicted octanol–water partition coefficient (Wildman–Crippen LogP) is 4.18. The lowest BCUT2D eigenvalue weighted by Gasteiger charge is -2.37. The Kier molecular flexibility index (Phi) is 2.96. The zero-order chi connectivity index (χ0) is 13.5. The number of allylic oxidation sites excluding steroid dienone is 2. The molecular weight excluding hydrogens is 236 g/mol. The van der Waals surface area contributed by atoms with Crippen LogP contribution in [0.3, 0.4) is 0 Å². The standard InChI is InChI=1S/C17H20O2/c1-17(2)10-14(18)13-8-9-15(19-16(13)11-17)12-6-4-3-5-7-12/h3-7,15H,8-11H2,1-2H3. The maximum absolute atomic E-state index is 12.1. The molecule has 1 aromatic carbocycles. The van der Waals surface area contributed by atoms with Crippen molar-refractivity contribution in [2.45, 2.75) is 45.6 Å². The average Bonchev–Trinajstić information content (AvgIpc) is 2.37. The van der Waals surface area contributed by atoms with E-state index in [1.54, 1.807) is 0 Å². The third-order valence-corrected chi connectivity index (χ3v) is 4.06. The van der Waals surface area contributed by atoms with Gasteiger partial charge in [-0.2, -0.15) is 0 Å². The Bertz CT molecular complexity index is 525. The average molecular weight is 256 g/mol. The van der Waals surface area contributed by atoms with Crippen molar-refractivity contribution in [3.63, 3.8) is 0 Å². The van der Waals surface area contributed by atoms with Crippen molar-refractivity contribution >= 4 is 5.78 Å². The summed E-state index contributed by atoms with van der Waals surface area (Å²) in [5.74, 6) is 1.24. The van der Waals surface area contributed by atoms with Crippen LogP contribution in [0.2, 0.25) is 0 Å². The summed E-state index contributed by atoms with van der Waals surface area (Å²) in [7, 11) is 0. The van der Waals surface area contributed by atoms with E-state index in [2.05, 4.69) is 26.0 Å². The second kappa shape index (κ2) is 4.52. The minimum absolute atomic E-state index is 0.0362. The first kappa shape index (κ1) is 12.5. The van der Waals surface area contributed by atoms with E-state index in [0.717, 1.165) is 30.6 Å². The summed E-state index contributed by atoms with van der Waals surface area (Å²) in [6, 6.07) is 10.3. The summed E-state index contributed by atoms with van der Waals surface area (Å²) in [5.41, 5.74) is 2.20. The second-order valence-corrected chi connectivity index (χ2v) is 6.40. The first-order valence-corrected chi connectivity index (χ1v) is 7.02. The van der Waals surface area contributed by atoms with Gasteiger partial charge in [-0.05, 0) is 23.8 Å². The Balaban J connectivity index is 1.86. The van der Waals surface area contributed by atoms with Gasteiger partial charge in [0.25, 0.3) is 0 Å². The lowest BCUT2D eigenvalue weighted by atomic mass is 9.74. The van der Waals surface area contributed by atoms with Crippen molar-refractivity contribution in [2.75, 3.05) is 0 Å². The van der Waals surface area contributed by atoms with E-state index in [0.29, 0.717) is 6.42 Å². The highest BCUT2D eigenvalue weighted by Crippen LogP contribution is 2.44. The van der Waals surface area contributed by atoms with E-state index >= 15 is 0 Å². The number of carbonyl (C=O) groups excluding carboxylic acids is 1. The van der Waals surface area contributed by atoms with Crippen LogP contribution in [0.4, 0.5) is 0 Å². The summed E-state index contributed by atoms with van der Waals surface area (Å²) in [6.07, 6.45) is 3.43. The Morgan fingerprint density at radius 1 is 1.16 bits per heavy atom.